The van der Waals surface area contributed by atoms with E-state index in [0.717, 1.165) is 25.1 Å². The third-order valence-corrected chi connectivity index (χ3v) is 4.27. The lowest BCUT2D eigenvalue weighted by atomic mass is 9.97. The number of amides is 1. The third kappa shape index (κ3) is 5.31. The molecule has 0 aliphatic carbocycles. The Morgan fingerprint density at radius 3 is 2.67 bits per heavy atom. The number of nitrogens with zero attached hydrogens (tertiary/aromatic N) is 2. The van der Waals surface area contributed by atoms with Crippen LogP contribution in [0.5, 0.6) is 0 Å². The summed E-state index contributed by atoms with van der Waals surface area (Å²) in [7, 11) is 0. The number of ether oxygens (including phenoxy) is 1. The van der Waals surface area contributed by atoms with Crippen molar-refractivity contribution in [1.29, 1.82) is 5.26 Å². The van der Waals surface area contributed by atoms with Crippen LogP contribution in [0.1, 0.15) is 39.2 Å². The largest absolute Gasteiger partial charge is 0.444 e. The summed E-state index contributed by atoms with van der Waals surface area (Å²) in [5, 5.41) is 12.9. The smallest absolute Gasteiger partial charge is 0.410 e. The average Bonchev–Trinajstić information content (AvgIpc) is 2.53. The number of benzene rings is 1. The van der Waals surface area contributed by atoms with E-state index in [1.807, 2.05) is 20.8 Å². The second-order valence-electron chi connectivity index (χ2n) is 7.10. The Labute approximate surface area is 148 Å². The zero-order valence-corrected chi connectivity index (χ0v) is 15.2. The predicted octanol–water partition coefficient (Wildman–Crippen LogP) is 4.27. The number of piperidine rings is 1. The number of nitrogens with one attached hydrogen (secondary N) is 1. The van der Waals surface area contributed by atoms with Gasteiger partial charge in [0.1, 0.15) is 5.60 Å². The number of hydrogen-bond acceptors (Lipinski definition) is 4. The number of carbonyl (C=O) groups is 1. The molecule has 1 N–H and O–H groups in total. The van der Waals surface area contributed by atoms with Crippen molar-refractivity contribution in [2.24, 2.45) is 5.92 Å². The van der Waals surface area contributed by atoms with E-state index in [1.54, 1.807) is 23.1 Å². The zero-order valence-electron chi connectivity index (χ0n) is 14.4. The number of carbonyl (C=O) groups excluding carboxylic acids is 1. The minimum atomic E-state index is -0.460. The van der Waals surface area contributed by atoms with Gasteiger partial charge in [0.2, 0.25) is 0 Å². The van der Waals surface area contributed by atoms with Gasteiger partial charge < -0.3 is 15.0 Å². The second kappa shape index (κ2) is 7.76. The van der Waals surface area contributed by atoms with E-state index in [2.05, 4.69) is 11.4 Å². The quantitative estimate of drug-likeness (QED) is 0.884. The number of anilines is 1. The van der Waals surface area contributed by atoms with Crippen LogP contribution < -0.4 is 5.32 Å². The lowest BCUT2D eigenvalue weighted by Crippen LogP contribution is -2.42. The zero-order chi connectivity index (χ0) is 17.7. The molecule has 1 aliphatic rings. The maximum atomic E-state index is 12.1. The Kier molecular flexibility index (Phi) is 5.95. The molecule has 0 atom stereocenters. The molecule has 0 radical (unpaired) electrons. The molecular formula is C18H24ClN3O2. The van der Waals surface area contributed by atoms with Gasteiger partial charge >= 0.3 is 6.09 Å². The highest BCUT2D eigenvalue weighted by Gasteiger charge is 2.26. The van der Waals surface area contributed by atoms with Crippen LogP contribution in [0.2, 0.25) is 5.02 Å². The molecule has 0 spiro atoms. The fourth-order valence-corrected chi connectivity index (χ4v) is 2.82. The normalized spacial score (nSPS) is 15.7. The summed E-state index contributed by atoms with van der Waals surface area (Å²) < 4.78 is 5.41. The van der Waals surface area contributed by atoms with Crippen LogP contribution in [0.15, 0.2) is 18.2 Å². The first kappa shape index (κ1) is 18.4. The molecule has 1 aromatic carbocycles. The highest BCUT2D eigenvalue weighted by Crippen LogP contribution is 2.25. The van der Waals surface area contributed by atoms with Crippen LogP contribution >= 0.6 is 11.6 Å². The molecule has 1 heterocycles. The van der Waals surface area contributed by atoms with E-state index in [0.29, 0.717) is 29.6 Å². The molecule has 2 rings (SSSR count). The summed E-state index contributed by atoms with van der Waals surface area (Å²) in [5.41, 5.74) is 0.907. The number of halogens is 1. The Morgan fingerprint density at radius 1 is 1.42 bits per heavy atom. The maximum Gasteiger partial charge on any atom is 0.410 e. The molecule has 130 valence electrons. The lowest BCUT2D eigenvalue weighted by Gasteiger charge is -2.33. The molecule has 0 bridgehead atoms. The average molecular weight is 350 g/mol. The molecular weight excluding hydrogens is 326 g/mol. The van der Waals surface area contributed by atoms with Crippen molar-refractivity contribution in [2.75, 3.05) is 25.0 Å². The first-order chi connectivity index (χ1) is 11.3. The first-order valence-corrected chi connectivity index (χ1v) is 8.58. The van der Waals surface area contributed by atoms with Crippen LogP contribution in [0.3, 0.4) is 0 Å². The Hall–Kier alpha value is -1.93. The highest BCUT2D eigenvalue weighted by atomic mass is 35.5. The molecule has 1 aliphatic heterocycles. The molecule has 1 amide bonds. The molecule has 5 nitrogen and oxygen atoms in total. The molecule has 1 aromatic rings. The van der Waals surface area contributed by atoms with Gasteiger partial charge in [-0.3, -0.25) is 0 Å². The van der Waals surface area contributed by atoms with Crippen LogP contribution in [0.25, 0.3) is 0 Å². The van der Waals surface area contributed by atoms with E-state index in [1.165, 1.54) is 0 Å². The molecule has 24 heavy (non-hydrogen) atoms. The molecule has 0 aromatic heterocycles. The summed E-state index contributed by atoms with van der Waals surface area (Å²) in [5.74, 6) is 0.463. The summed E-state index contributed by atoms with van der Waals surface area (Å²) >= 11 is 6.16. The molecule has 1 fully saturated rings. The number of nitriles is 1. The van der Waals surface area contributed by atoms with Gasteiger partial charge in [-0.2, -0.15) is 5.26 Å². The Morgan fingerprint density at radius 2 is 2.08 bits per heavy atom. The monoisotopic (exact) mass is 349 g/mol. The van der Waals surface area contributed by atoms with Crippen molar-refractivity contribution in [3.63, 3.8) is 0 Å². The van der Waals surface area contributed by atoms with Crippen molar-refractivity contribution >= 4 is 23.4 Å². The van der Waals surface area contributed by atoms with Gasteiger partial charge in [-0.15, -0.1) is 0 Å². The molecule has 0 saturated carbocycles. The fraction of sp³-hybridized carbons (Fsp3) is 0.556. The molecule has 6 heteroatoms. The van der Waals surface area contributed by atoms with E-state index in [4.69, 9.17) is 21.6 Å². The molecule has 0 unspecified atom stereocenters. The van der Waals surface area contributed by atoms with Crippen LogP contribution in [0.4, 0.5) is 10.5 Å². The van der Waals surface area contributed by atoms with Crippen molar-refractivity contribution in [1.82, 2.24) is 4.90 Å². The van der Waals surface area contributed by atoms with Crippen LogP contribution in [-0.2, 0) is 4.74 Å². The third-order valence-electron chi connectivity index (χ3n) is 3.94. The number of likely N-dealkylation sites (tertiary alicyclic amines) is 1. The maximum absolute atomic E-state index is 12.1. The predicted molar refractivity (Wildman–Crippen MR) is 95.2 cm³/mol. The molecule has 1 saturated heterocycles. The van der Waals surface area contributed by atoms with Gasteiger partial charge in [-0.25, -0.2) is 4.79 Å². The Bertz CT molecular complexity index is 626. The summed E-state index contributed by atoms with van der Waals surface area (Å²) in [4.78, 5) is 13.8. The van der Waals surface area contributed by atoms with Crippen molar-refractivity contribution in [2.45, 2.75) is 39.2 Å². The summed E-state index contributed by atoms with van der Waals surface area (Å²) in [6.45, 7) is 7.80. The van der Waals surface area contributed by atoms with Crippen molar-refractivity contribution < 1.29 is 9.53 Å². The van der Waals surface area contributed by atoms with Gasteiger partial charge in [0.15, 0.2) is 0 Å². The standard InChI is InChI=1S/C18H24ClN3O2/c1-18(2,3)24-17(23)22-8-6-13(7-9-22)12-21-16-10-14(11-20)4-5-15(16)19/h4-5,10,13,21H,6-9,12H2,1-3H3. The minimum Gasteiger partial charge on any atom is -0.444 e. The summed E-state index contributed by atoms with van der Waals surface area (Å²) in [6, 6.07) is 7.31. The van der Waals surface area contributed by atoms with E-state index < -0.39 is 5.60 Å². The van der Waals surface area contributed by atoms with Gasteiger partial charge in [-0.05, 0) is 57.7 Å². The summed E-state index contributed by atoms with van der Waals surface area (Å²) in [6.07, 6.45) is 1.60. The fourth-order valence-electron chi connectivity index (χ4n) is 2.63. The van der Waals surface area contributed by atoms with E-state index in [-0.39, 0.29) is 6.09 Å². The highest BCUT2D eigenvalue weighted by molar-refractivity contribution is 6.33. The Balaban J connectivity index is 1.82. The minimum absolute atomic E-state index is 0.237. The van der Waals surface area contributed by atoms with E-state index in [9.17, 15) is 4.79 Å². The number of rotatable bonds is 3. The van der Waals surface area contributed by atoms with Gasteiger partial charge in [0.25, 0.3) is 0 Å². The van der Waals surface area contributed by atoms with Crippen molar-refractivity contribution in [3.05, 3.63) is 28.8 Å². The SMILES string of the molecule is CC(C)(C)OC(=O)N1CCC(CNc2cc(C#N)ccc2Cl)CC1. The number of hydrogen-bond donors (Lipinski definition) is 1. The van der Waals surface area contributed by atoms with Crippen LogP contribution in [0, 0.1) is 17.2 Å². The lowest BCUT2D eigenvalue weighted by molar-refractivity contribution is 0.0188. The van der Waals surface area contributed by atoms with E-state index >= 15 is 0 Å². The van der Waals surface area contributed by atoms with Gasteiger partial charge in [0, 0.05) is 19.6 Å². The first-order valence-electron chi connectivity index (χ1n) is 8.20. The second-order valence-corrected chi connectivity index (χ2v) is 7.51. The van der Waals surface area contributed by atoms with Gasteiger partial charge in [-0.1, -0.05) is 11.6 Å². The van der Waals surface area contributed by atoms with Crippen LogP contribution in [-0.4, -0.2) is 36.2 Å². The van der Waals surface area contributed by atoms with Crippen molar-refractivity contribution in [3.8, 4) is 6.07 Å². The van der Waals surface area contributed by atoms with Gasteiger partial charge in [0.05, 0.1) is 22.3 Å². The topological polar surface area (TPSA) is 65.4 Å².